The molecule has 9 heteroatoms. The van der Waals surface area contributed by atoms with Gasteiger partial charge in [-0.15, -0.1) is 24.0 Å². The predicted octanol–water partition coefficient (Wildman–Crippen LogP) is 2.50. The zero-order valence-corrected chi connectivity index (χ0v) is 19.4. The Morgan fingerprint density at radius 3 is 2.64 bits per heavy atom. The third-order valence-corrected chi connectivity index (χ3v) is 4.66. The van der Waals surface area contributed by atoms with E-state index in [0.717, 1.165) is 76.6 Å². The molecule has 2 rings (SSSR count). The minimum atomic E-state index is -0.0845. The van der Waals surface area contributed by atoms with Gasteiger partial charge in [-0.05, 0) is 19.8 Å². The Balaban J connectivity index is 0.00000392. The van der Waals surface area contributed by atoms with Crippen LogP contribution in [0.25, 0.3) is 0 Å². The SMILES string of the molecule is CCOC(=O)CCCCCCNC(=NC)N1CCN(Cc2ccon2)CC1.I. The highest BCUT2D eigenvalue weighted by molar-refractivity contribution is 14.0. The summed E-state index contributed by atoms with van der Waals surface area (Å²) < 4.78 is 9.83. The van der Waals surface area contributed by atoms with Crippen LogP contribution in [-0.4, -0.2) is 73.3 Å². The van der Waals surface area contributed by atoms with Crippen LogP contribution in [0, 0.1) is 0 Å². The fraction of sp³-hybridized carbons (Fsp3) is 0.737. The number of hydrogen-bond donors (Lipinski definition) is 1. The molecule has 1 saturated heterocycles. The monoisotopic (exact) mass is 507 g/mol. The second-order valence-corrected chi connectivity index (χ2v) is 6.70. The second-order valence-electron chi connectivity index (χ2n) is 6.70. The Labute approximate surface area is 185 Å². The van der Waals surface area contributed by atoms with Crippen LogP contribution >= 0.6 is 24.0 Å². The first kappa shape index (κ1) is 24.7. The maximum atomic E-state index is 11.3. The Morgan fingerprint density at radius 2 is 2.00 bits per heavy atom. The van der Waals surface area contributed by atoms with Gasteiger partial charge in [0.2, 0.25) is 0 Å². The largest absolute Gasteiger partial charge is 0.466 e. The number of ether oxygens (including phenoxy) is 1. The molecule has 0 bridgehead atoms. The number of carbonyl (C=O) groups excluding carboxylic acids is 1. The summed E-state index contributed by atoms with van der Waals surface area (Å²) in [6, 6.07) is 1.92. The van der Waals surface area contributed by atoms with Crippen molar-refractivity contribution in [1.29, 1.82) is 0 Å². The third kappa shape index (κ3) is 9.22. The molecule has 1 aromatic heterocycles. The highest BCUT2D eigenvalue weighted by Gasteiger charge is 2.20. The van der Waals surface area contributed by atoms with Crippen LogP contribution in [0.15, 0.2) is 21.8 Å². The first-order valence-electron chi connectivity index (χ1n) is 9.95. The normalized spacial score (nSPS) is 15.2. The van der Waals surface area contributed by atoms with E-state index in [9.17, 15) is 4.79 Å². The van der Waals surface area contributed by atoms with Gasteiger partial charge in [-0.3, -0.25) is 14.7 Å². The van der Waals surface area contributed by atoms with Gasteiger partial charge in [0.1, 0.15) is 6.26 Å². The molecule has 1 N–H and O–H groups in total. The van der Waals surface area contributed by atoms with Crippen LogP contribution < -0.4 is 5.32 Å². The van der Waals surface area contributed by atoms with E-state index in [0.29, 0.717) is 13.0 Å². The van der Waals surface area contributed by atoms with Gasteiger partial charge in [0.25, 0.3) is 0 Å². The van der Waals surface area contributed by atoms with Crippen molar-refractivity contribution in [2.75, 3.05) is 46.4 Å². The van der Waals surface area contributed by atoms with Crippen LogP contribution in [0.4, 0.5) is 0 Å². The molecule has 0 saturated carbocycles. The molecule has 1 fully saturated rings. The summed E-state index contributed by atoms with van der Waals surface area (Å²) in [5, 5.41) is 7.44. The first-order valence-corrected chi connectivity index (χ1v) is 9.95. The third-order valence-electron chi connectivity index (χ3n) is 4.66. The van der Waals surface area contributed by atoms with Crippen molar-refractivity contribution < 1.29 is 14.1 Å². The molecule has 1 aliphatic rings. The van der Waals surface area contributed by atoms with E-state index in [2.05, 4.69) is 25.3 Å². The molecule has 28 heavy (non-hydrogen) atoms. The van der Waals surface area contributed by atoms with Crippen LogP contribution in [0.5, 0.6) is 0 Å². The van der Waals surface area contributed by atoms with E-state index in [1.807, 2.05) is 20.0 Å². The molecular formula is C19H34IN5O3. The maximum absolute atomic E-state index is 11.3. The maximum Gasteiger partial charge on any atom is 0.305 e. The highest BCUT2D eigenvalue weighted by Crippen LogP contribution is 2.08. The molecule has 1 aromatic rings. The van der Waals surface area contributed by atoms with Crippen molar-refractivity contribution in [3.05, 3.63) is 18.0 Å². The standard InChI is InChI=1S/C19H33N5O3.HI/c1-3-26-18(25)8-6-4-5-7-10-21-19(20-2)24-13-11-23(12-14-24)16-17-9-15-27-22-17;/h9,15H,3-8,10-14,16H2,1-2H3,(H,20,21);1H. The molecule has 0 amide bonds. The average Bonchev–Trinajstić information content (AvgIpc) is 3.18. The first-order chi connectivity index (χ1) is 13.2. The van der Waals surface area contributed by atoms with E-state index >= 15 is 0 Å². The number of hydrogen-bond acceptors (Lipinski definition) is 6. The summed E-state index contributed by atoms with van der Waals surface area (Å²) >= 11 is 0. The molecule has 0 spiro atoms. The summed E-state index contributed by atoms with van der Waals surface area (Å²) in [5.41, 5.74) is 0.980. The molecule has 0 radical (unpaired) electrons. The number of nitrogens with one attached hydrogen (secondary N) is 1. The lowest BCUT2D eigenvalue weighted by molar-refractivity contribution is -0.143. The summed E-state index contributed by atoms with van der Waals surface area (Å²) in [6.45, 7) is 7.94. The quantitative estimate of drug-likeness (QED) is 0.171. The zero-order valence-electron chi connectivity index (χ0n) is 17.1. The van der Waals surface area contributed by atoms with E-state index in [-0.39, 0.29) is 29.9 Å². The average molecular weight is 507 g/mol. The number of aromatic nitrogens is 1. The molecule has 160 valence electrons. The minimum Gasteiger partial charge on any atom is -0.466 e. The number of unbranched alkanes of at least 4 members (excludes halogenated alkanes) is 3. The number of guanidine groups is 1. The van der Waals surface area contributed by atoms with Crippen molar-refractivity contribution in [1.82, 2.24) is 20.3 Å². The molecule has 0 aromatic carbocycles. The Kier molecular flexibility index (Phi) is 12.9. The lowest BCUT2D eigenvalue weighted by Crippen LogP contribution is -2.52. The number of aliphatic imine (C=N–C) groups is 1. The van der Waals surface area contributed by atoms with E-state index < -0.39 is 0 Å². The highest BCUT2D eigenvalue weighted by atomic mass is 127. The van der Waals surface area contributed by atoms with E-state index in [1.165, 1.54) is 0 Å². The molecule has 0 atom stereocenters. The number of piperazine rings is 1. The van der Waals surface area contributed by atoms with Gasteiger partial charge in [0, 0.05) is 58.8 Å². The topological polar surface area (TPSA) is 83.2 Å². The lowest BCUT2D eigenvalue weighted by atomic mass is 10.1. The number of halogens is 1. The summed E-state index contributed by atoms with van der Waals surface area (Å²) in [5.74, 6) is 0.890. The van der Waals surface area contributed by atoms with Gasteiger partial charge < -0.3 is 19.5 Å². The van der Waals surface area contributed by atoms with Gasteiger partial charge in [0.15, 0.2) is 5.96 Å². The Morgan fingerprint density at radius 1 is 1.25 bits per heavy atom. The number of nitrogens with zero attached hydrogens (tertiary/aromatic N) is 4. The molecular weight excluding hydrogens is 473 g/mol. The zero-order chi connectivity index (χ0) is 19.3. The molecule has 1 aliphatic heterocycles. The molecule has 0 unspecified atom stereocenters. The summed E-state index contributed by atoms with van der Waals surface area (Å²) in [7, 11) is 1.84. The van der Waals surface area contributed by atoms with Crippen LogP contribution in [0.2, 0.25) is 0 Å². The van der Waals surface area contributed by atoms with Crippen molar-refractivity contribution in [2.24, 2.45) is 4.99 Å². The minimum absolute atomic E-state index is 0. The Hall–Kier alpha value is -1.36. The molecule has 2 heterocycles. The molecule has 0 aliphatic carbocycles. The van der Waals surface area contributed by atoms with Gasteiger partial charge in [0.05, 0.1) is 12.3 Å². The number of rotatable bonds is 10. The van der Waals surface area contributed by atoms with Crippen LogP contribution in [0.3, 0.4) is 0 Å². The van der Waals surface area contributed by atoms with Crippen molar-refractivity contribution >= 4 is 35.9 Å². The second kappa shape index (κ2) is 14.6. The fourth-order valence-corrected chi connectivity index (χ4v) is 3.18. The van der Waals surface area contributed by atoms with Crippen molar-refractivity contribution in [2.45, 2.75) is 45.6 Å². The smallest absolute Gasteiger partial charge is 0.305 e. The van der Waals surface area contributed by atoms with Crippen LogP contribution in [-0.2, 0) is 16.1 Å². The van der Waals surface area contributed by atoms with E-state index in [1.54, 1.807) is 6.26 Å². The molecule has 8 nitrogen and oxygen atoms in total. The van der Waals surface area contributed by atoms with Crippen LogP contribution in [0.1, 0.15) is 44.7 Å². The fourth-order valence-electron chi connectivity index (χ4n) is 3.18. The van der Waals surface area contributed by atoms with E-state index in [4.69, 9.17) is 9.26 Å². The summed E-state index contributed by atoms with van der Waals surface area (Å²) in [6.07, 6.45) is 6.29. The van der Waals surface area contributed by atoms with Gasteiger partial charge >= 0.3 is 5.97 Å². The van der Waals surface area contributed by atoms with Gasteiger partial charge in [-0.2, -0.15) is 0 Å². The Bertz CT molecular complexity index is 560. The van der Waals surface area contributed by atoms with Crippen molar-refractivity contribution in [3.63, 3.8) is 0 Å². The number of esters is 1. The summed E-state index contributed by atoms with van der Waals surface area (Å²) in [4.78, 5) is 20.4. The predicted molar refractivity (Wildman–Crippen MR) is 120 cm³/mol. The lowest BCUT2D eigenvalue weighted by Gasteiger charge is -2.36. The van der Waals surface area contributed by atoms with Crippen molar-refractivity contribution in [3.8, 4) is 0 Å². The van der Waals surface area contributed by atoms with Gasteiger partial charge in [-0.25, -0.2) is 0 Å². The van der Waals surface area contributed by atoms with Gasteiger partial charge in [-0.1, -0.05) is 18.0 Å². The number of carbonyl (C=O) groups is 1.